The van der Waals surface area contributed by atoms with E-state index in [-0.39, 0.29) is 5.91 Å². The predicted molar refractivity (Wildman–Crippen MR) is 30.8 cm³/mol. The molecule has 1 aliphatic rings. The van der Waals surface area contributed by atoms with Crippen LogP contribution in [0.1, 0.15) is 13.3 Å². The highest BCUT2D eigenvalue weighted by Crippen LogP contribution is 2.01. The van der Waals surface area contributed by atoms with Crippen LogP contribution < -0.4 is 0 Å². The molecule has 1 amide bonds. The first-order valence-electron chi connectivity index (χ1n) is 2.44. The molecule has 2 nitrogen and oxygen atoms in total. The van der Waals surface area contributed by atoms with E-state index in [0.717, 1.165) is 5.57 Å². The summed E-state index contributed by atoms with van der Waals surface area (Å²) in [5.41, 5.74) is 1.03. The van der Waals surface area contributed by atoms with Gasteiger partial charge in [0, 0.05) is 12.5 Å². The normalized spacial score (nSPS) is 18.6. The molecular formula is C6H6NO. The van der Waals surface area contributed by atoms with Crippen molar-refractivity contribution in [3.05, 3.63) is 11.6 Å². The molecule has 0 aromatic heterocycles. The van der Waals surface area contributed by atoms with Gasteiger partial charge in [0.1, 0.15) is 0 Å². The van der Waals surface area contributed by atoms with Crippen LogP contribution in [-0.2, 0) is 4.79 Å². The highest BCUT2D eigenvalue weighted by molar-refractivity contribution is 5.97. The largest absolute Gasteiger partial charge is 0.269 e. The standard InChI is InChI=1S/C6H6NO/c1-5-2-3-7-6(8)4-5/h4H,2H2,1H3. The van der Waals surface area contributed by atoms with Gasteiger partial charge >= 0.3 is 0 Å². The van der Waals surface area contributed by atoms with Gasteiger partial charge < -0.3 is 0 Å². The van der Waals surface area contributed by atoms with Crippen LogP contribution in [0.3, 0.4) is 0 Å². The average Bonchev–Trinajstić information content (AvgIpc) is 1.64. The van der Waals surface area contributed by atoms with Gasteiger partial charge in [-0.25, -0.2) is 4.99 Å². The van der Waals surface area contributed by atoms with Gasteiger partial charge in [-0.05, 0) is 6.92 Å². The molecule has 1 rings (SSSR count). The summed E-state index contributed by atoms with van der Waals surface area (Å²) in [6, 6.07) is 0. The molecule has 0 spiro atoms. The number of carbonyl (C=O) groups excluding carboxylic acids is 1. The molecule has 1 heterocycles. The number of nitrogens with zero attached hydrogens (tertiary/aromatic N) is 1. The Morgan fingerprint density at radius 3 is 3.00 bits per heavy atom. The van der Waals surface area contributed by atoms with Crippen molar-refractivity contribution in [2.24, 2.45) is 4.99 Å². The number of hydrogen-bond donors (Lipinski definition) is 0. The quantitative estimate of drug-likeness (QED) is 0.451. The third-order valence-corrected chi connectivity index (χ3v) is 0.917. The number of allylic oxidation sites excluding steroid dienone is 1. The molecule has 0 saturated carbocycles. The average molecular weight is 108 g/mol. The number of aliphatic imine (C=N–C) groups is 1. The van der Waals surface area contributed by atoms with Gasteiger partial charge in [0.05, 0.1) is 6.21 Å². The Balaban J connectivity index is 2.74. The van der Waals surface area contributed by atoms with Crippen LogP contribution in [0.15, 0.2) is 16.6 Å². The minimum absolute atomic E-state index is 0.186. The van der Waals surface area contributed by atoms with E-state index in [4.69, 9.17) is 0 Å². The van der Waals surface area contributed by atoms with Crippen LogP contribution >= 0.6 is 0 Å². The lowest BCUT2D eigenvalue weighted by molar-refractivity contribution is -0.113. The molecule has 0 aliphatic carbocycles. The smallest absolute Gasteiger partial charge is 0.267 e. The van der Waals surface area contributed by atoms with E-state index < -0.39 is 0 Å². The molecule has 2 heteroatoms. The summed E-state index contributed by atoms with van der Waals surface area (Å²) in [6.07, 6.45) is 4.82. The van der Waals surface area contributed by atoms with Gasteiger partial charge in [-0.15, -0.1) is 0 Å². The van der Waals surface area contributed by atoms with Gasteiger partial charge in [0.2, 0.25) is 0 Å². The monoisotopic (exact) mass is 108 g/mol. The van der Waals surface area contributed by atoms with Crippen LogP contribution in [0.5, 0.6) is 0 Å². The molecule has 1 aliphatic heterocycles. The second-order valence-electron chi connectivity index (χ2n) is 1.78. The van der Waals surface area contributed by atoms with E-state index >= 15 is 0 Å². The molecule has 0 aromatic rings. The fraction of sp³-hybridized carbons (Fsp3) is 0.333. The summed E-state index contributed by atoms with van der Waals surface area (Å²) in [6.45, 7) is 1.89. The van der Waals surface area contributed by atoms with E-state index in [0.29, 0.717) is 6.42 Å². The minimum Gasteiger partial charge on any atom is -0.267 e. The van der Waals surface area contributed by atoms with Gasteiger partial charge in [-0.1, -0.05) is 5.57 Å². The van der Waals surface area contributed by atoms with Gasteiger partial charge in [0.25, 0.3) is 5.91 Å². The number of amides is 1. The maximum atomic E-state index is 10.4. The second kappa shape index (κ2) is 1.90. The van der Waals surface area contributed by atoms with Gasteiger partial charge in [0.15, 0.2) is 0 Å². The lowest BCUT2D eigenvalue weighted by atomic mass is 10.2. The van der Waals surface area contributed by atoms with Crippen LogP contribution in [0.25, 0.3) is 0 Å². The highest BCUT2D eigenvalue weighted by atomic mass is 16.1. The van der Waals surface area contributed by atoms with E-state index in [1.807, 2.05) is 6.92 Å². The second-order valence-corrected chi connectivity index (χ2v) is 1.78. The van der Waals surface area contributed by atoms with E-state index in [9.17, 15) is 4.79 Å². The van der Waals surface area contributed by atoms with Crippen molar-refractivity contribution in [3.8, 4) is 0 Å². The summed E-state index contributed by atoms with van der Waals surface area (Å²) in [5.74, 6) is -0.186. The number of rotatable bonds is 0. The molecule has 0 bridgehead atoms. The third-order valence-electron chi connectivity index (χ3n) is 0.917. The summed E-state index contributed by atoms with van der Waals surface area (Å²) in [5, 5.41) is 0. The van der Waals surface area contributed by atoms with Gasteiger partial charge in [-0.2, -0.15) is 0 Å². The van der Waals surface area contributed by atoms with Crippen molar-refractivity contribution in [1.29, 1.82) is 0 Å². The Morgan fingerprint density at radius 1 is 1.88 bits per heavy atom. The maximum Gasteiger partial charge on any atom is 0.269 e. The SMILES string of the molecule is CC1=CC(=O)N=[C]C1. The first kappa shape index (κ1) is 5.22. The van der Waals surface area contributed by atoms with Crippen molar-refractivity contribution in [2.45, 2.75) is 13.3 Å². The van der Waals surface area contributed by atoms with Crippen LogP contribution in [0.2, 0.25) is 0 Å². The lowest BCUT2D eigenvalue weighted by Crippen LogP contribution is -1.96. The Hall–Kier alpha value is -0.920. The van der Waals surface area contributed by atoms with E-state index in [2.05, 4.69) is 11.2 Å². The number of carbonyl (C=O) groups is 1. The Kier molecular flexibility index (Phi) is 1.24. The Bertz CT molecular complexity index is 167. The molecule has 41 valence electrons. The van der Waals surface area contributed by atoms with Crippen molar-refractivity contribution in [3.63, 3.8) is 0 Å². The summed E-state index contributed by atoms with van der Waals surface area (Å²) in [4.78, 5) is 13.8. The molecule has 0 aromatic carbocycles. The zero-order valence-corrected chi connectivity index (χ0v) is 4.64. The first-order chi connectivity index (χ1) is 3.79. The van der Waals surface area contributed by atoms with Crippen LogP contribution in [0, 0.1) is 0 Å². The van der Waals surface area contributed by atoms with Crippen molar-refractivity contribution < 1.29 is 4.79 Å². The molecular weight excluding hydrogens is 102 g/mol. The van der Waals surface area contributed by atoms with Crippen molar-refractivity contribution >= 4 is 12.1 Å². The lowest BCUT2D eigenvalue weighted by Gasteiger charge is -1.95. The van der Waals surface area contributed by atoms with Crippen LogP contribution in [-0.4, -0.2) is 12.1 Å². The number of hydrogen-bond acceptors (Lipinski definition) is 1. The summed E-state index contributed by atoms with van der Waals surface area (Å²) >= 11 is 0. The van der Waals surface area contributed by atoms with Gasteiger partial charge in [-0.3, -0.25) is 4.79 Å². The fourth-order valence-electron chi connectivity index (χ4n) is 0.536. The summed E-state index contributed by atoms with van der Waals surface area (Å²) < 4.78 is 0. The highest BCUT2D eigenvalue weighted by Gasteiger charge is 1.98. The Morgan fingerprint density at radius 2 is 2.62 bits per heavy atom. The minimum atomic E-state index is -0.186. The molecule has 0 saturated heterocycles. The maximum absolute atomic E-state index is 10.4. The zero-order chi connectivity index (χ0) is 5.98. The van der Waals surface area contributed by atoms with E-state index in [1.54, 1.807) is 0 Å². The molecule has 0 fully saturated rings. The van der Waals surface area contributed by atoms with Crippen molar-refractivity contribution in [1.82, 2.24) is 0 Å². The molecule has 1 radical (unpaired) electrons. The molecule has 0 unspecified atom stereocenters. The predicted octanol–water partition coefficient (Wildman–Crippen LogP) is 0.811. The molecule has 8 heavy (non-hydrogen) atoms. The zero-order valence-electron chi connectivity index (χ0n) is 4.64. The molecule has 0 N–H and O–H groups in total. The Labute approximate surface area is 47.9 Å². The fourth-order valence-corrected chi connectivity index (χ4v) is 0.536. The van der Waals surface area contributed by atoms with Crippen LogP contribution in [0.4, 0.5) is 0 Å². The number of dihydropyridines is 1. The summed E-state index contributed by atoms with van der Waals surface area (Å²) in [7, 11) is 0. The topological polar surface area (TPSA) is 29.4 Å². The van der Waals surface area contributed by atoms with Crippen molar-refractivity contribution in [2.75, 3.05) is 0 Å². The first-order valence-corrected chi connectivity index (χ1v) is 2.44. The molecule has 0 atom stereocenters. The van der Waals surface area contributed by atoms with E-state index in [1.165, 1.54) is 6.08 Å². The third kappa shape index (κ3) is 1.03.